The van der Waals surface area contributed by atoms with Gasteiger partial charge in [-0.05, 0) is 145 Å². The Morgan fingerprint density at radius 1 is 0.400 bits per heavy atom. The summed E-state index contributed by atoms with van der Waals surface area (Å²) < 4.78 is 4.32. The number of nitrogens with two attached hydrogens (primary N) is 2. The quantitative estimate of drug-likeness (QED) is 0.0377. The van der Waals surface area contributed by atoms with E-state index in [0.717, 1.165) is 95.9 Å². The Kier molecular flexibility index (Phi) is 11.5. The van der Waals surface area contributed by atoms with Crippen molar-refractivity contribution < 1.29 is 9.13 Å². The number of hydrogen-bond donors (Lipinski definition) is 4. The molecule has 0 bridgehead atoms. The number of aryl methyl sites for hydroxylation is 2. The van der Waals surface area contributed by atoms with Crippen molar-refractivity contribution in [3.63, 3.8) is 0 Å². The summed E-state index contributed by atoms with van der Waals surface area (Å²) in [5.74, 6) is 1.67. The summed E-state index contributed by atoms with van der Waals surface area (Å²) in [6.07, 6.45) is 8.46. The lowest BCUT2D eigenvalue weighted by Crippen LogP contribution is -2.34. The first-order chi connectivity index (χ1) is 24.6. The van der Waals surface area contributed by atoms with Crippen molar-refractivity contribution >= 4 is 57.1 Å². The second-order valence-corrected chi connectivity index (χ2v) is 11.9. The van der Waals surface area contributed by atoms with Crippen LogP contribution >= 0.6 is 0 Å². The molecule has 0 fully saturated rings. The summed E-state index contributed by atoms with van der Waals surface area (Å²) in [6.45, 7) is 1.76. The molecule has 2 aromatic heterocycles. The number of aromatic nitrogens is 2. The van der Waals surface area contributed by atoms with E-state index in [1.165, 1.54) is 0 Å². The molecule has 0 aliphatic heterocycles. The standard InChI is InChI=1S/C40H40N10/c41-31-11-15-33(16-12-31)43-35-19-23-37(24-20-35)45-47-39-9-3-7-29-49(39)27-5-1-2-6-28-50-30-8-4-10-40(50)48-46-38-25-21-36(22-26-38)44-34-17-13-32(42)14-18-34/h3-4,7-26,29-30H,1-2,5-6,27-28H2,(H4,41,42,45,46)/p+2. The SMILES string of the molecule is Nc1ccc(Nc2ccc(/N=N/c3cccc[n+]3CCCCCC[n+]3ccccc3/N=N/c3ccc(Nc4ccc(N)cc4)cc3)cc2)cc1. The molecule has 250 valence electrons. The molecular weight excluding hydrogens is 621 g/mol. The minimum atomic E-state index is 0.740. The first-order valence-corrected chi connectivity index (χ1v) is 16.8. The van der Waals surface area contributed by atoms with Crippen LogP contribution in [-0.2, 0) is 13.1 Å². The van der Waals surface area contributed by atoms with E-state index in [9.17, 15) is 0 Å². The highest BCUT2D eigenvalue weighted by atomic mass is 15.2. The van der Waals surface area contributed by atoms with Crippen LogP contribution in [0.4, 0.5) is 57.1 Å². The molecular formula is C40H42N10+2. The van der Waals surface area contributed by atoms with Crippen LogP contribution in [0.25, 0.3) is 0 Å². The van der Waals surface area contributed by atoms with Gasteiger partial charge in [0.25, 0.3) is 0 Å². The maximum atomic E-state index is 5.78. The third kappa shape index (κ3) is 10.0. The number of nitrogens with zero attached hydrogens (tertiary/aromatic N) is 6. The van der Waals surface area contributed by atoms with Crippen molar-refractivity contribution in [3.8, 4) is 0 Å². The van der Waals surface area contributed by atoms with Crippen molar-refractivity contribution in [1.29, 1.82) is 0 Å². The van der Waals surface area contributed by atoms with E-state index < -0.39 is 0 Å². The normalized spacial score (nSPS) is 11.3. The maximum Gasteiger partial charge on any atom is 0.350 e. The molecule has 10 nitrogen and oxygen atoms in total. The lowest BCUT2D eigenvalue weighted by Gasteiger charge is -2.06. The summed E-state index contributed by atoms with van der Waals surface area (Å²) in [7, 11) is 0. The van der Waals surface area contributed by atoms with Gasteiger partial charge in [0.15, 0.2) is 0 Å². The molecule has 6 rings (SSSR count). The molecule has 6 aromatic rings. The fourth-order valence-electron chi connectivity index (χ4n) is 5.32. The number of nitrogens with one attached hydrogen (secondary N) is 2. The number of pyridine rings is 2. The van der Waals surface area contributed by atoms with E-state index in [1.54, 1.807) is 0 Å². The topological polar surface area (TPSA) is 133 Å². The molecule has 0 atom stereocenters. The molecule has 0 saturated heterocycles. The second-order valence-electron chi connectivity index (χ2n) is 11.9. The Morgan fingerprint density at radius 2 is 0.760 bits per heavy atom. The Bertz CT molecular complexity index is 1860. The summed E-state index contributed by atoms with van der Waals surface area (Å²) in [5.41, 5.74) is 18.5. The van der Waals surface area contributed by atoms with Gasteiger partial charge in [-0.1, -0.05) is 12.1 Å². The number of rotatable bonds is 15. The van der Waals surface area contributed by atoms with Crippen LogP contribution < -0.4 is 31.2 Å². The average molecular weight is 663 g/mol. The minimum Gasteiger partial charge on any atom is -0.399 e. The summed E-state index contributed by atoms with van der Waals surface area (Å²) in [6, 6.07) is 43.1. The van der Waals surface area contributed by atoms with Gasteiger partial charge in [-0.25, -0.2) is 9.13 Å². The van der Waals surface area contributed by atoms with E-state index in [2.05, 4.69) is 52.6 Å². The molecule has 0 unspecified atom stereocenters. The van der Waals surface area contributed by atoms with E-state index in [1.807, 2.05) is 133 Å². The summed E-state index contributed by atoms with van der Waals surface area (Å²) >= 11 is 0. The zero-order chi connectivity index (χ0) is 34.4. The van der Waals surface area contributed by atoms with E-state index in [4.69, 9.17) is 11.5 Å². The van der Waals surface area contributed by atoms with Crippen molar-refractivity contribution in [2.24, 2.45) is 20.5 Å². The highest BCUT2D eigenvalue weighted by Crippen LogP contribution is 2.24. The Hall–Kier alpha value is -6.42. The average Bonchev–Trinajstić information content (AvgIpc) is 3.15. The Morgan fingerprint density at radius 3 is 1.14 bits per heavy atom. The first kappa shape index (κ1) is 33.5. The molecule has 0 aliphatic carbocycles. The number of benzene rings is 4. The van der Waals surface area contributed by atoms with Crippen LogP contribution in [0.3, 0.4) is 0 Å². The predicted octanol–water partition coefficient (Wildman–Crippen LogP) is 10.0. The summed E-state index contributed by atoms with van der Waals surface area (Å²) in [4.78, 5) is 0. The van der Waals surface area contributed by atoms with Crippen molar-refractivity contribution in [1.82, 2.24) is 0 Å². The monoisotopic (exact) mass is 662 g/mol. The number of unbranched alkanes of at least 4 members (excludes halogenated alkanes) is 3. The third-order valence-electron chi connectivity index (χ3n) is 8.05. The predicted molar refractivity (Wildman–Crippen MR) is 201 cm³/mol. The lowest BCUT2D eigenvalue weighted by molar-refractivity contribution is -0.686. The van der Waals surface area contributed by atoms with Gasteiger partial charge in [-0.2, -0.15) is 0 Å². The first-order valence-electron chi connectivity index (χ1n) is 16.8. The van der Waals surface area contributed by atoms with E-state index in [-0.39, 0.29) is 0 Å². The van der Waals surface area contributed by atoms with Gasteiger partial charge >= 0.3 is 11.6 Å². The highest BCUT2D eigenvalue weighted by molar-refractivity contribution is 5.64. The van der Waals surface area contributed by atoms with Gasteiger partial charge in [0.05, 0.1) is 35.7 Å². The molecule has 10 heteroatoms. The molecule has 0 spiro atoms. The van der Waals surface area contributed by atoms with Gasteiger partial charge in [0, 0.05) is 46.3 Å². The fraction of sp³-hybridized carbons (Fsp3) is 0.150. The lowest BCUT2D eigenvalue weighted by atomic mass is 10.2. The largest absolute Gasteiger partial charge is 0.399 e. The molecule has 50 heavy (non-hydrogen) atoms. The highest BCUT2D eigenvalue weighted by Gasteiger charge is 2.11. The van der Waals surface area contributed by atoms with Crippen molar-refractivity contribution in [3.05, 3.63) is 146 Å². The maximum absolute atomic E-state index is 5.78. The van der Waals surface area contributed by atoms with Gasteiger partial charge in [-0.15, -0.1) is 0 Å². The fourth-order valence-corrected chi connectivity index (χ4v) is 5.32. The van der Waals surface area contributed by atoms with Crippen LogP contribution in [0, 0.1) is 0 Å². The molecule has 0 radical (unpaired) electrons. The zero-order valence-corrected chi connectivity index (χ0v) is 27.9. The molecule has 0 aliphatic rings. The van der Waals surface area contributed by atoms with E-state index in [0.29, 0.717) is 0 Å². The van der Waals surface area contributed by atoms with Crippen LogP contribution in [0.2, 0.25) is 0 Å². The number of anilines is 6. The van der Waals surface area contributed by atoms with Gasteiger partial charge in [-0.3, -0.25) is 0 Å². The minimum absolute atomic E-state index is 0.740. The number of hydrogen-bond acceptors (Lipinski definition) is 8. The zero-order valence-electron chi connectivity index (χ0n) is 27.9. The second kappa shape index (κ2) is 17.1. The number of azo groups is 2. The Balaban J connectivity index is 0.943. The number of nitrogen functional groups attached to an aromatic ring is 2. The van der Waals surface area contributed by atoms with Gasteiger partial charge in [0.1, 0.15) is 11.4 Å². The van der Waals surface area contributed by atoms with Crippen LogP contribution in [0.1, 0.15) is 25.7 Å². The van der Waals surface area contributed by atoms with Crippen molar-refractivity contribution in [2.75, 3.05) is 22.1 Å². The molecule has 6 N–H and O–H groups in total. The smallest absolute Gasteiger partial charge is 0.350 e. The summed E-state index contributed by atoms with van der Waals surface area (Å²) in [5, 5.41) is 24.8. The third-order valence-corrected chi connectivity index (χ3v) is 8.05. The van der Waals surface area contributed by atoms with Gasteiger partial charge < -0.3 is 22.1 Å². The Labute approximate surface area is 292 Å². The van der Waals surface area contributed by atoms with Crippen molar-refractivity contribution in [2.45, 2.75) is 38.8 Å². The van der Waals surface area contributed by atoms with Crippen LogP contribution in [-0.4, -0.2) is 0 Å². The van der Waals surface area contributed by atoms with Crippen LogP contribution in [0.15, 0.2) is 166 Å². The molecule has 2 heterocycles. The van der Waals surface area contributed by atoms with E-state index >= 15 is 0 Å². The molecule has 0 saturated carbocycles. The molecule has 4 aromatic carbocycles. The van der Waals surface area contributed by atoms with Gasteiger partial charge in [0.2, 0.25) is 0 Å². The molecule has 0 amide bonds. The van der Waals surface area contributed by atoms with Crippen LogP contribution in [0.5, 0.6) is 0 Å².